The number of rotatable bonds is 2. The number of urea groups is 1. The van der Waals surface area contributed by atoms with Gasteiger partial charge in [-0.2, -0.15) is 0 Å². The molecule has 0 bridgehead atoms. The summed E-state index contributed by atoms with van der Waals surface area (Å²) in [6, 6.07) is 4.91. The van der Waals surface area contributed by atoms with Gasteiger partial charge in [-0.3, -0.25) is 4.79 Å². The maximum Gasteiger partial charge on any atom is 0.341 e. The monoisotopic (exact) mass is 248 g/mol. The van der Waals surface area contributed by atoms with Crippen molar-refractivity contribution in [1.82, 2.24) is 5.32 Å². The Balaban J connectivity index is 2.48. The molecule has 0 radical (unpaired) electrons. The smallest absolute Gasteiger partial charge is 0.341 e. The number of benzene rings is 1. The molecular weight excluding hydrogens is 236 g/mol. The molecule has 2 amide bonds. The van der Waals surface area contributed by atoms with Gasteiger partial charge in [0, 0.05) is 11.3 Å². The zero-order valence-electron chi connectivity index (χ0n) is 9.62. The lowest BCUT2D eigenvalue weighted by molar-refractivity contribution is -0.140. The molecule has 2 rings (SSSR count). The van der Waals surface area contributed by atoms with Crippen LogP contribution in [0.1, 0.15) is 18.5 Å². The van der Waals surface area contributed by atoms with Gasteiger partial charge in [0.2, 0.25) is 0 Å². The Labute approximate surface area is 103 Å². The first kappa shape index (κ1) is 12.1. The standard InChI is InChI=1S/C12H12N2O4/c1-6-9(11(16)17)10(14-12(18)13-6)7-4-2-3-5-8(7)15/h2-5,9-10,15H,1H3,(H,14,18)(H,16,17). The van der Waals surface area contributed by atoms with Crippen LogP contribution in [0.3, 0.4) is 0 Å². The third-order valence-corrected chi connectivity index (χ3v) is 2.88. The van der Waals surface area contributed by atoms with Crippen LogP contribution in [-0.2, 0) is 4.79 Å². The van der Waals surface area contributed by atoms with Crippen molar-refractivity contribution in [3.05, 3.63) is 29.8 Å². The molecule has 1 aromatic carbocycles. The molecule has 0 aromatic heterocycles. The second-order valence-electron chi connectivity index (χ2n) is 4.06. The maximum absolute atomic E-state index is 11.4. The summed E-state index contributed by atoms with van der Waals surface area (Å²) in [6.45, 7) is 1.49. The highest BCUT2D eigenvalue weighted by molar-refractivity contribution is 6.07. The molecule has 0 saturated heterocycles. The molecule has 94 valence electrons. The third kappa shape index (κ3) is 2.04. The SMILES string of the molecule is CC1=NC(=O)NC(c2ccccc2O)C1C(=O)O. The molecule has 2 atom stereocenters. The number of phenols is 1. The largest absolute Gasteiger partial charge is 0.508 e. The van der Waals surface area contributed by atoms with Gasteiger partial charge in [0.1, 0.15) is 11.7 Å². The summed E-state index contributed by atoms with van der Waals surface area (Å²) in [5.74, 6) is -2.12. The number of phenolic OH excluding ortho intramolecular Hbond substituents is 1. The van der Waals surface area contributed by atoms with Crippen molar-refractivity contribution < 1.29 is 19.8 Å². The van der Waals surface area contributed by atoms with E-state index in [1.807, 2.05) is 0 Å². The molecule has 1 heterocycles. The van der Waals surface area contributed by atoms with Gasteiger partial charge >= 0.3 is 12.0 Å². The zero-order valence-corrected chi connectivity index (χ0v) is 9.62. The van der Waals surface area contributed by atoms with Gasteiger partial charge in [-0.1, -0.05) is 18.2 Å². The Morgan fingerprint density at radius 1 is 1.39 bits per heavy atom. The fourth-order valence-corrected chi connectivity index (χ4v) is 2.05. The highest BCUT2D eigenvalue weighted by atomic mass is 16.4. The van der Waals surface area contributed by atoms with E-state index in [1.54, 1.807) is 18.2 Å². The van der Waals surface area contributed by atoms with E-state index in [2.05, 4.69) is 10.3 Å². The lowest BCUT2D eigenvalue weighted by atomic mass is 9.88. The number of hydrogen-bond donors (Lipinski definition) is 3. The molecule has 1 aliphatic heterocycles. The van der Waals surface area contributed by atoms with Crippen LogP contribution in [-0.4, -0.2) is 27.9 Å². The summed E-state index contributed by atoms with van der Waals surface area (Å²) < 4.78 is 0. The second-order valence-corrected chi connectivity index (χ2v) is 4.06. The van der Waals surface area contributed by atoms with Crippen LogP contribution in [0.4, 0.5) is 4.79 Å². The minimum Gasteiger partial charge on any atom is -0.508 e. The highest BCUT2D eigenvalue weighted by Crippen LogP contribution is 2.32. The number of para-hydroxylation sites is 1. The Bertz CT molecular complexity index is 539. The molecule has 2 unspecified atom stereocenters. The molecule has 1 aliphatic rings. The first-order chi connectivity index (χ1) is 8.50. The number of aliphatic imine (C=N–C) groups is 1. The van der Waals surface area contributed by atoms with Crippen molar-refractivity contribution in [2.75, 3.05) is 0 Å². The molecule has 0 spiro atoms. The van der Waals surface area contributed by atoms with E-state index >= 15 is 0 Å². The summed E-state index contributed by atoms with van der Waals surface area (Å²) in [6.07, 6.45) is 0. The average Bonchev–Trinajstić information content (AvgIpc) is 2.27. The van der Waals surface area contributed by atoms with Gasteiger partial charge < -0.3 is 15.5 Å². The van der Waals surface area contributed by atoms with Gasteiger partial charge in [0.15, 0.2) is 0 Å². The molecule has 3 N–H and O–H groups in total. The first-order valence-electron chi connectivity index (χ1n) is 5.37. The molecular formula is C12H12N2O4. The second kappa shape index (κ2) is 4.48. The number of amides is 2. The molecule has 18 heavy (non-hydrogen) atoms. The number of carboxylic acid groups (broad SMARTS) is 1. The van der Waals surface area contributed by atoms with Crippen LogP contribution >= 0.6 is 0 Å². The van der Waals surface area contributed by atoms with Gasteiger partial charge in [0.25, 0.3) is 0 Å². The quantitative estimate of drug-likeness (QED) is 0.734. The van der Waals surface area contributed by atoms with Crippen LogP contribution in [0.2, 0.25) is 0 Å². The molecule has 6 nitrogen and oxygen atoms in total. The summed E-state index contributed by atoms with van der Waals surface area (Å²) in [5, 5.41) is 21.4. The Morgan fingerprint density at radius 3 is 2.67 bits per heavy atom. The molecule has 6 heteroatoms. The van der Waals surface area contributed by atoms with Crippen LogP contribution in [0.25, 0.3) is 0 Å². The highest BCUT2D eigenvalue weighted by Gasteiger charge is 2.37. The molecule has 0 saturated carbocycles. The number of hydrogen-bond acceptors (Lipinski definition) is 3. The van der Waals surface area contributed by atoms with Gasteiger partial charge in [-0.25, -0.2) is 9.79 Å². The van der Waals surface area contributed by atoms with Crippen LogP contribution in [0.15, 0.2) is 29.3 Å². The number of nitrogens with one attached hydrogen (secondary N) is 1. The summed E-state index contributed by atoms with van der Waals surface area (Å²) >= 11 is 0. The number of aliphatic carboxylic acids is 1. The van der Waals surface area contributed by atoms with Crippen molar-refractivity contribution >= 4 is 17.7 Å². The Morgan fingerprint density at radius 2 is 2.06 bits per heavy atom. The zero-order chi connectivity index (χ0) is 13.3. The van der Waals surface area contributed by atoms with Crippen molar-refractivity contribution in [1.29, 1.82) is 0 Å². The maximum atomic E-state index is 11.4. The molecule has 0 fully saturated rings. The number of carbonyl (C=O) groups excluding carboxylic acids is 1. The number of carbonyl (C=O) groups is 2. The van der Waals surface area contributed by atoms with Crippen molar-refractivity contribution in [3.8, 4) is 5.75 Å². The number of carboxylic acids is 1. The molecule has 0 aliphatic carbocycles. The van der Waals surface area contributed by atoms with Gasteiger partial charge in [0.05, 0.1) is 6.04 Å². The average molecular weight is 248 g/mol. The van der Waals surface area contributed by atoms with Crippen LogP contribution < -0.4 is 5.32 Å². The minimum absolute atomic E-state index is 0.0521. The van der Waals surface area contributed by atoms with E-state index in [0.29, 0.717) is 5.56 Å². The van der Waals surface area contributed by atoms with Crippen LogP contribution in [0, 0.1) is 5.92 Å². The van der Waals surface area contributed by atoms with E-state index < -0.39 is 24.0 Å². The van der Waals surface area contributed by atoms with Crippen molar-refractivity contribution in [2.24, 2.45) is 10.9 Å². The normalized spacial score (nSPS) is 23.2. The van der Waals surface area contributed by atoms with E-state index in [0.717, 1.165) is 0 Å². The number of nitrogens with zero attached hydrogens (tertiary/aromatic N) is 1. The van der Waals surface area contributed by atoms with Crippen LogP contribution in [0.5, 0.6) is 5.75 Å². The third-order valence-electron chi connectivity index (χ3n) is 2.88. The first-order valence-corrected chi connectivity index (χ1v) is 5.37. The fraction of sp³-hybridized carbons (Fsp3) is 0.250. The van der Waals surface area contributed by atoms with E-state index in [4.69, 9.17) is 0 Å². The van der Waals surface area contributed by atoms with Crippen molar-refractivity contribution in [3.63, 3.8) is 0 Å². The van der Waals surface area contributed by atoms with E-state index in [1.165, 1.54) is 13.0 Å². The molecule has 1 aromatic rings. The predicted octanol–water partition coefficient (Wildman–Crippen LogP) is 1.32. The summed E-state index contributed by atoms with van der Waals surface area (Å²) in [4.78, 5) is 26.2. The minimum atomic E-state index is -1.09. The lowest BCUT2D eigenvalue weighted by Gasteiger charge is -2.28. The van der Waals surface area contributed by atoms with Gasteiger partial charge in [-0.05, 0) is 13.0 Å². The van der Waals surface area contributed by atoms with E-state index in [-0.39, 0.29) is 11.5 Å². The van der Waals surface area contributed by atoms with Gasteiger partial charge in [-0.15, -0.1) is 0 Å². The van der Waals surface area contributed by atoms with E-state index in [9.17, 15) is 19.8 Å². The van der Waals surface area contributed by atoms with Crippen molar-refractivity contribution in [2.45, 2.75) is 13.0 Å². The lowest BCUT2D eigenvalue weighted by Crippen LogP contribution is -2.43. The Kier molecular flexibility index (Phi) is 3.01. The summed E-state index contributed by atoms with van der Waals surface area (Å²) in [5.41, 5.74) is 0.590. The summed E-state index contributed by atoms with van der Waals surface area (Å²) in [7, 11) is 0. The fourth-order valence-electron chi connectivity index (χ4n) is 2.05. The predicted molar refractivity (Wildman–Crippen MR) is 63.6 cm³/mol. The Hall–Kier alpha value is -2.37. The number of aromatic hydroxyl groups is 1. The topological polar surface area (TPSA) is 99.0 Å².